The topological polar surface area (TPSA) is 12.0 Å². The molecule has 16 heavy (non-hydrogen) atoms. The van der Waals surface area contributed by atoms with Crippen LogP contribution in [0.1, 0.15) is 57.7 Å². The molecule has 0 saturated heterocycles. The molecule has 0 fully saturated rings. The van der Waals surface area contributed by atoms with Gasteiger partial charge in [-0.25, -0.2) is 0 Å². The van der Waals surface area contributed by atoms with Crippen molar-refractivity contribution in [3.63, 3.8) is 0 Å². The number of hydrogen-bond donors (Lipinski definition) is 1. The summed E-state index contributed by atoms with van der Waals surface area (Å²) >= 11 is 0. The summed E-state index contributed by atoms with van der Waals surface area (Å²) in [5.41, 5.74) is 2.80. The number of aryl methyl sites for hydroxylation is 1. The lowest BCUT2D eigenvalue weighted by atomic mass is 10.0. The molecule has 1 aromatic rings. The van der Waals surface area contributed by atoms with Crippen molar-refractivity contribution in [2.75, 3.05) is 0 Å². The molecule has 2 atom stereocenters. The molecular weight excluding hydrogens is 194 g/mol. The van der Waals surface area contributed by atoms with Crippen molar-refractivity contribution in [2.45, 2.75) is 59.0 Å². The van der Waals surface area contributed by atoms with Crippen molar-refractivity contribution in [1.82, 2.24) is 5.32 Å². The van der Waals surface area contributed by atoms with E-state index >= 15 is 0 Å². The van der Waals surface area contributed by atoms with Crippen LogP contribution in [0.3, 0.4) is 0 Å². The second kappa shape index (κ2) is 6.70. The van der Waals surface area contributed by atoms with Crippen LogP contribution in [0.15, 0.2) is 24.3 Å². The van der Waals surface area contributed by atoms with Crippen molar-refractivity contribution in [1.29, 1.82) is 0 Å². The van der Waals surface area contributed by atoms with Crippen LogP contribution >= 0.6 is 0 Å². The molecule has 0 radical (unpaired) electrons. The highest BCUT2D eigenvalue weighted by molar-refractivity contribution is 5.24. The second-order valence-electron chi connectivity index (χ2n) is 4.67. The highest BCUT2D eigenvalue weighted by atomic mass is 14.9. The lowest BCUT2D eigenvalue weighted by molar-refractivity contribution is 0.453. The van der Waals surface area contributed by atoms with Gasteiger partial charge < -0.3 is 5.32 Å². The average Bonchev–Trinajstić information content (AvgIpc) is 2.29. The zero-order valence-corrected chi connectivity index (χ0v) is 11.1. The van der Waals surface area contributed by atoms with Gasteiger partial charge in [-0.2, -0.15) is 0 Å². The van der Waals surface area contributed by atoms with Crippen molar-refractivity contribution in [3.05, 3.63) is 35.4 Å². The molecular formula is C15H25N. The molecule has 90 valence electrons. The standard InChI is InChI=1S/C15H25N/c1-5-7-12(3)16-13(4)15-10-8-14(6-2)9-11-15/h8-13,16H,5-7H2,1-4H3. The lowest BCUT2D eigenvalue weighted by Gasteiger charge is -2.20. The van der Waals surface area contributed by atoms with Crippen LogP contribution in [-0.2, 0) is 6.42 Å². The van der Waals surface area contributed by atoms with E-state index in [2.05, 4.69) is 57.3 Å². The van der Waals surface area contributed by atoms with Gasteiger partial charge in [0.25, 0.3) is 0 Å². The highest BCUT2D eigenvalue weighted by Gasteiger charge is 2.08. The molecule has 0 spiro atoms. The molecule has 1 nitrogen and oxygen atoms in total. The minimum absolute atomic E-state index is 0.451. The van der Waals surface area contributed by atoms with Crippen molar-refractivity contribution < 1.29 is 0 Å². The molecule has 1 heteroatoms. The fraction of sp³-hybridized carbons (Fsp3) is 0.600. The Labute approximate surface area is 100 Å². The minimum atomic E-state index is 0.451. The Kier molecular flexibility index (Phi) is 5.54. The summed E-state index contributed by atoms with van der Waals surface area (Å²) in [6.07, 6.45) is 3.61. The van der Waals surface area contributed by atoms with Crippen molar-refractivity contribution >= 4 is 0 Å². The first-order chi connectivity index (χ1) is 7.67. The Hall–Kier alpha value is -0.820. The van der Waals surface area contributed by atoms with Crippen LogP contribution in [0.5, 0.6) is 0 Å². The summed E-state index contributed by atoms with van der Waals surface area (Å²) in [6, 6.07) is 10.0. The fourth-order valence-electron chi connectivity index (χ4n) is 2.08. The molecule has 0 heterocycles. The van der Waals surface area contributed by atoms with Crippen LogP contribution in [0, 0.1) is 0 Å². The highest BCUT2D eigenvalue weighted by Crippen LogP contribution is 2.15. The second-order valence-corrected chi connectivity index (χ2v) is 4.67. The Morgan fingerprint density at radius 1 is 1.06 bits per heavy atom. The molecule has 0 bridgehead atoms. The normalized spacial score (nSPS) is 14.8. The van der Waals surface area contributed by atoms with Gasteiger partial charge in [0.1, 0.15) is 0 Å². The smallest absolute Gasteiger partial charge is 0.0294 e. The van der Waals surface area contributed by atoms with Gasteiger partial charge in [0.05, 0.1) is 0 Å². The van der Waals surface area contributed by atoms with Crippen molar-refractivity contribution in [2.24, 2.45) is 0 Å². The first-order valence-corrected chi connectivity index (χ1v) is 6.52. The Balaban J connectivity index is 2.55. The van der Waals surface area contributed by atoms with Gasteiger partial charge in [-0.15, -0.1) is 0 Å². The molecule has 1 rings (SSSR count). The van der Waals surface area contributed by atoms with Crippen LogP contribution in [-0.4, -0.2) is 6.04 Å². The zero-order chi connectivity index (χ0) is 12.0. The molecule has 0 amide bonds. The van der Waals surface area contributed by atoms with E-state index in [1.54, 1.807) is 0 Å². The SMILES string of the molecule is CCCC(C)NC(C)c1ccc(CC)cc1. The maximum Gasteiger partial charge on any atom is 0.0294 e. The third-order valence-corrected chi connectivity index (χ3v) is 3.14. The number of benzene rings is 1. The first-order valence-electron chi connectivity index (χ1n) is 6.52. The molecule has 0 aliphatic heterocycles. The predicted molar refractivity (Wildman–Crippen MR) is 71.7 cm³/mol. The third-order valence-electron chi connectivity index (χ3n) is 3.14. The quantitative estimate of drug-likeness (QED) is 0.760. The maximum atomic E-state index is 3.63. The summed E-state index contributed by atoms with van der Waals surface area (Å²) in [7, 11) is 0. The van der Waals surface area contributed by atoms with Gasteiger partial charge in [0.2, 0.25) is 0 Å². The van der Waals surface area contributed by atoms with E-state index in [1.165, 1.54) is 24.0 Å². The van der Waals surface area contributed by atoms with E-state index in [9.17, 15) is 0 Å². The van der Waals surface area contributed by atoms with Gasteiger partial charge in [-0.05, 0) is 37.8 Å². The molecule has 0 aliphatic rings. The Morgan fingerprint density at radius 2 is 1.69 bits per heavy atom. The van der Waals surface area contributed by atoms with E-state index in [-0.39, 0.29) is 0 Å². The van der Waals surface area contributed by atoms with E-state index in [4.69, 9.17) is 0 Å². The largest absolute Gasteiger partial charge is 0.308 e. The fourth-order valence-corrected chi connectivity index (χ4v) is 2.08. The third kappa shape index (κ3) is 3.97. The summed E-state index contributed by atoms with van der Waals surface area (Å²) in [6.45, 7) is 8.94. The maximum absolute atomic E-state index is 3.63. The molecule has 1 N–H and O–H groups in total. The monoisotopic (exact) mass is 219 g/mol. The van der Waals surface area contributed by atoms with Crippen LogP contribution < -0.4 is 5.32 Å². The van der Waals surface area contributed by atoms with E-state index in [0.29, 0.717) is 12.1 Å². The summed E-state index contributed by atoms with van der Waals surface area (Å²) in [5.74, 6) is 0. The van der Waals surface area contributed by atoms with Gasteiger partial charge >= 0.3 is 0 Å². The van der Waals surface area contributed by atoms with Crippen LogP contribution in [0.2, 0.25) is 0 Å². The Bertz CT molecular complexity index is 289. The molecule has 2 unspecified atom stereocenters. The number of nitrogens with one attached hydrogen (secondary N) is 1. The average molecular weight is 219 g/mol. The zero-order valence-electron chi connectivity index (χ0n) is 11.1. The van der Waals surface area contributed by atoms with Gasteiger partial charge in [0.15, 0.2) is 0 Å². The lowest BCUT2D eigenvalue weighted by Crippen LogP contribution is -2.28. The van der Waals surface area contributed by atoms with Gasteiger partial charge in [0, 0.05) is 12.1 Å². The summed E-state index contributed by atoms with van der Waals surface area (Å²) in [4.78, 5) is 0. The number of rotatable bonds is 6. The molecule has 0 aromatic heterocycles. The molecule has 0 saturated carbocycles. The van der Waals surface area contributed by atoms with Crippen LogP contribution in [0.25, 0.3) is 0 Å². The summed E-state index contributed by atoms with van der Waals surface area (Å²) in [5, 5.41) is 3.63. The molecule has 0 aliphatic carbocycles. The van der Waals surface area contributed by atoms with E-state index in [1.807, 2.05) is 0 Å². The number of hydrogen-bond acceptors (Lipinski definition) is 1. The van der Waals surface area contributed by atoms with E-state index < -0.39 is 0 Å². The Morgan fingerprint density at radius 3 is 2.19 bits per heavy atom. The van der Waals surface area contributed by atoms with E-state index in [0.717, 1.165) is 6.42 Å². The summed E-state index contributed by atoms with van der Waals surface area (Å²) < 4.78 is 0. The first kappa shape index (κ1) is 13.2. The van der Waals surface area contributed by atoms with Crippen LogP contribution in [0.4, 0.5) is 0 Å². The molecule has 1 aromatic carbocycles. The predicted octanol–water partition coefficient (Wildman–Crippen LogP) is 4.09. The van der Waals surface area contributed by atoms with Gasteiger partial charge in [-0.1, -0.05) is 44.5 Å². The minimum Gasteiger partial charge on any atom is -0.308 e. The van der Waals surface area contributed by atoms with Crippen molar-refractivity contribution in [3.8, 4) is 0 Å². The van der Waals surface area contributed by atoms with Gasteiger partial charge in [-0.3, -0.25) is 0 Å².